The number of aromatic nitrogens is 3. The number of hydrogen-bond acceptors (Lipinski definition) is 4. The lowest BCUT2D eigenvalue weighted by Gasteiger charge is -2.11. The van der Waals surface area contributed by atoms with Crippen LogP contribution in [0, 0.1) is 4.77 Å². The van der Waals surface area contributed by atoms with E-state index in [0.29, 0.717) is 22.9 Å². The SMILES string of the molecule is CCn1c(-c2cc3ccccc3cc2OC(C)=O)n[nH]c1=S. The average molecular weight is 313 g/mol. The lowest BCUT2D eigenvalue weighted by Crippen LogP contribution is -2.05. The predicted molar refractivity (Wildman–Crippen MR) is 87.3 cm³/mol. The van der Waals surface area contributed by atoms with Gasteiger partial charge in [-0.15, -0.1) is 0 Å². The highest BCUT2D eigenvalue weighted by Crippen LogP contribution is 2.33. The highest BCUT2D eigenvalue weighted by Gasteiger charge is 2.16. The molecule has 0 radical (unpaired) electrons. The van der Waals surface area contributed by atoms with Crippen molar-refractivity contribution < 1.29 is 9.53 Å². The fraction of sp³-hybridized carbons (Fsp3) is 0.188. The number of H-pyrrole nitrogens is 1. The maximum Gasteiger partial charge on any atom is 0.308 e. The maximum absolute atomic E-state index is 11.4. The summed E-state index contributed by atoms with van der Waals surface area (Å²) in [7, 11) is 0. The zero-order valence-electron chi connectivity index (χ0n) is 12.3. The molecule has 6 heteroatoms. The van der Waals surface area contributed by atoms with Gasteiger partial charge in [0.05, 0.1) is 5.56 Å². The summed E-state index contributed by atoms with van der Waals surface area (Å²) < 4.78 is 7.79. The molecule has 1 heterocycles. The fourth-order valence-corrected chi connectivity index (χ4v) is 2.71. The number of fused-ring (bicyclic) bond motifs is 1. The second-order valence-corrected chi connectivity index (χ2v) is 5.27. The molecule has 2 aromatic carbocycles. The van der Waals surface area contributed by atoms with E-state index in [1.165, 1.54) is 6.92 Å². The van der Waals surface area contributed by atoms with Gasteiger partial charge in [-0.25, -0.2) is 0 Å². The van der Waals surface area contributed by atoms with Crippen LogP contribution >= 0.6 is 12.2 Å². The van der Waals surface area contributed by atoms with Gasteiger partial charge in [-0.05, 0) is 42.0 Å². The highest BCUT2D eigenvalue weighted by atomic mass is 32.1. The molecule has 0 fully saturated rings. The summed E-state index contributed by atoms with van der Waals surface area (Å²) >= 11 is 5.24. The maximum atomic E-state index is 11.4. The summed E-state index contributed by atoms with van der Waals surface area (Å²) in [5, 5.41) is 9.12. The van der Waals surface area contributed by atoms with Crippen LogP contribution in [0.2, 0.25) is 0 Å². The first kappa shape index (κ1) is 14.5. The third-order valence-electron chi connectivity index (χ3n) is 3.42. The summed E-state index contributed by atoms with van der Waals surface area (Å²) in [6.07, 6.45) is 0. The lowest BCUT2D eigenvalue weighted by molar-refractivity contribution is -0.131. The number of hydrogen-bond donors (Lipinski definition) is 1. The van der Waals surface area contributed by atoms with E-state index in [0.717, 1.165) is 16.3 Å². The molecule has 0 atom stereocenters. The lowest BCUT2D eigenvalue weighted by atomic mass is 10.1. The van der Waals surface area contributed by atoms with Gasteiger partial charge in [-0.1, -0.05) is 24.3 Å². The second kappa shape index (κ2) is 5.73. The molecular weight excluding hydrogens is 298 g/mol. The van der Waals surface area contributed by atoms with Crippen molar-refractivity contribution in [2.24, 2.45) is 0 Å². The minimum absolute atomic E-state index is 0.367. The summed E-state index contributed by atoms with van der Waals surface area (Å²) in [5.74, 6) is 0.776. The van der Waals surface area contributed by atoms with E-state index < -0.39 is 0 Å². The molecule has 0 aliphatic rings. The average Bonchev–Trinajstić information content (AvgIpc) is 2.86. The van der Waals surface area contributed by atoms with Crippen LogP contribution < -0.4 is 4.74 Å². The summed E-state index contributed by atoms with van der Waals surface area (Å²) in [5.41, 5.74) is 0.739. The van der Waals surface area contributed by atoms with Crippen molar-refractivity contribution in [2.45, 2.75) is 20.4 Å². The minimum atomic E-state index is -0.367. The number of benzene rings is 2. The molecule has 0 amide bonds. The summed E-state index contributed by atoms with van der Waals surface area (Å²) in [6, 6.07) is 11.7. The van der Waals surface area contributed by atoms with Gasteiger partial charge in [0.2, 0.25) is 0 Å². The van der Waals surface area contributed by atoms with Crippen molar-refractivity contribution >= 4 is 29.0 Å². The van der Waals surface area contributed by atoms with Gasteiger partial charge in [-0.3, -0.25) is 9.89 Å². The molecule has 0 saturated carbocycles. The monoisotopic (exact) mass is 313 g/mol. The van der Waals surface area contributed by atoms with Crippen LogP contribution in [-0.4, -0.2) is 20.7 Å². The standard InChI is InChI=1S/C16H15N3O2S/c1-3-19-15(17-18-16(19)22)13-8-11-6-4-5-7-12(11)9-14(13)21-10(2)20/h4-9H,3H2,1-2H3,(H,18,22). The van der Waals surface area contributed by atoms with Crippen LogP contribution in [0.1, 0.15) is 13.8 Å². The van der Waals surface area contributed by atoms with Crippen molar-refractivity contribution in [3.8, 4) is 17.1 Å². The fourth-order valence-electron chi connectivity index (χ4n) is 2.45. The van der Waals surface area contributed by atoms with Crippen LogP contribution in [0.5, 0.6) is 5.75 Å². The topological polar surface area (TPSA) is 59.9 Å². The summed E-state index contributed by atoms with van der Waals surface area (Å²) in [6.45, 7) is 4.05. The van der Waals surface area contributed by atoms with Gasteiger partial charge in [0.1, 0.15) is 5.75 Å². The number of nitrogens with one attached hydrogen (secondary N) is 1. The predicted octanol–water partition coefficient (Wildman–Crippen LogP) is 3.71. The van der Waals surface area contributed by atoms with Crippen molar-refractivity contribution in [3.63, 3.8) is 0 Å². The van der Waals surface area contributed by atoms with Gasteiger partial charge >= 0.3 is 5.97 Å². The molecule has 5 nitrogen and oxygen atoms in total. The van der Waals surface area contributed by atoms with Crippen molar-refractivity contribution in [1.82, 2.24) is 14.8 Å². The third-order valence-corrected chi connectivity index (χ3v) is 3.73. The molecule has 0 aliphatic carbocycles. The smallest absolute Gasteiger partial charge is 0.308 e. The Morgan fingerprint density at radius 1 is 1.32 bits per heavy atom. The molecule has 0 aliphatic heterocycles. The zero-order valence-corrected chi connectivity index (χ0v) is 13.1. The first-order chi connectivity index (χ1) is 10.6. The van der Waals surface area contributed by atoms with E-state index in [1.54, 1.807) is 0 Å². The molecule has 3 rings (SSSR count). The summed E-state index contributed by atoms with van der Waals surface area (Å²) in [4.78, 5) is 11.4. The van der Waals surface area contributed by atoms with Crippen LogP contribution in [0.3, 0.4) is 0 Å². The molecule has 1 N–H and O–H groups in total. The van der Waals surface area contributed by atoms with E-state index in [9.17, 15) is 4.79 Å². The van der Waals surface area contributed by atoms with E-state index in [-0.39, 0.29) is 5.97 Å². The largest absolute Gasteiger partial charge is 0.426 e. The number of esters is 1. The van der Waals surface area contributed by atoms with Crippen molar-refractivity contribution in [2.75, 3.05) is 0 Å². The molecule has 0 saturated heterocycles. The van der Waals surface area contributed by atoms with Gasteiger partial charge < -0.3 is 9.30 Å². The van der Waals surface area contributed by atoms with E-state index in [2.05, 4.69) is 10.2 Å². The number of aromatic amines is 1. The Morgan fingerprint density at radius 3 is 2.64 bits per heavy atom. The molecule has 0 spiro atoms. The quantitative estimate of drug-likeness (QED) is 0.455. The Kier molecular flexibility index (Phi) is 3.77. The van der Waals surface area contributed by atoms with Crippen LogP contribution in [0.15, 0.2) is 36.4 Å². The van der Waals surface area contributed by atoms with Crippen LogP contribution in [-0.2, 0) is 11.3 Å². The van der Waals surface area contributed by atoms with E-state index in [1.807, 2.05) is 47.9 Å². The van der Waals surface area contributed by atoms with E-state index in [4.69, 9.17) is 17.0 Å². The molecular formula is C16H15N3O2S. The number of nitrogens with zero attached hydrogens (tertiary/aromatic N) is 2. The van der Waals surface area contributed by atoms with Gasteiger partial charge in [0.25, 0.3) is 0 Å². The third kappa shape index (κ3) is 2.53. The van der Waals surface area contributed by atoms with Gasteiger partial charge in [-0.2, -0.15) is 5.10 Å². The Labute approximate surface area is 132 Å². The number of carbonyl (C=O) groups excluding carboxylic acids is 1. The van der Waals surface area contributed by atoms with Crippen LogP contribution in [0.25, 0.3) is 22.2 Å². The number of ether oxygens (including phenoxy) is 1. The van der Waals surface area contributed by atoms with Gasteiger partial charge in [0, 0.05) is 13.5 Å². The highest BCUT2D eigenvalue weighted by molar-refractivity contribution is 7.71. The molecule has 112 valence electrons. The Balaban J connectivity index is 2.29. The molecule has 1 aromatic heterocycles. The number of rotatable bonds is 3. The van der Waals surface area contributed by atoms with Crippen LogP contribution in [0.4, 0.5) is 0 Å². The Hall–Kier alpha value is -2.47. The van der Waals surface area contributed by atoms with Crippen molar-refractivity contribution in [3.05, 3.63) is 41.2 Å². The first-order valence-electron chi connectivity index (χ1n) is 6.97. The first-order valence-corrected chi connectivity index (χ1v) is 7.37. The molecule has 0 bridgehead atoms. The second-order valence-electron chi connectivity index (χ2n) is 4.89. The molecule has 22 heavy (non-hydrogen) atoms. The van der Waals surface area contributed by atoms with Crippen molar-refractivity contribution in [1.29, 1.82) is 0 Å². The zero-order chi connectivity index (χ0) is 15.7. The van der Waals surface area contributed by atoms with Gasteiger partial charge in [0.15, 0.2) is 10.6 Å². The Bertz CT molecular complexity index is 911. The normalized spacial score (nSPS) is 10.8. The minimum Gasteiger partial charge on any atom is -0.426 e. The Morgan fingerprint density at radius 2 is 2.00 bits per heavy atom. The number of carbonyl (C=O) groups is 1. The molecule has 3 aromatic rings. The van der Waals surface area contributed by atoms with E-state index >= 15 is 0 Å². The molecule has 0 unspecified atom stereocenters.